The second-order valence-electron chi connectivity index (χ2n) is 7.08. The average molecular weight is 361 g/mol. The molecule has 1 atom stereocenters. The van der Waals surface area contributed by atoms with Crippen molar-refractivity contribution in [3.8, 4) is 0 Å². The number of benzene rings is 1. The third-order valence-electron chi connectivity index (χ3n) is 3.91. The summed E-state index contributed by atoms with van der Waals surface area (Å²) in [6, 6.07) is 11.1. The number of carbonyl (C=O) groups excluding carboxylic acids is 1. The normalized spacial score (nSPS) is 12.5. The van der Waals surface area contributed by atoms with Gasteiger partial charge >= 0.3 is 0 Å². The second kappa shape index (κ2) is 8.30. The maximum absolute atomic E-state index is 12.4. The molecular formula is C19H25ClN4O. The molecule has 0 aliphatic heterocycles. The topological polar surface area (TPSA) is 66.9 Å². The summed E-state index contributed by atoms with van der Waals surface area (Å²) in [6.45, 7) is 8.66. The SMILES string of the molecule is CCCC(Nc1cc(C(=O)Nc2ccccc2)nc(Cl)n1)C(C)(C)C. The average Bonchev–Trinajstić information content (AvgIpc) is 2.54. The molecule has 0 saturated heterocycles. The zero-order valence-corrected chi connectivity index (χ0v) is 15.9. The number of anilines is 2. The van der Waals surface area contributed by atoms with E-state index in [1.165, 1.54) is 0 Å². The van der Waals surface area contributed by atoms with E-state index >= 15 is 0 Å². The fourth-order valence-electron chi connectivity index (χ4n) is 2.51. The molecule has 1 aromatic carbocycles. The quantitative estimate of drug-likeness (QED) is 0.710. The summed E-state index contributed by atoms with van der Waals surface area (Å²) >= 11 is 6.03. The lowest BCUT2D eigenvalue weighted by atomic mass is 9.84. The van der Waals surface area contributed by atoms with Gasteiger partial charge in [0.25, 0.3) is 5.91 Å². The van der Waals surface area contributed by atoms with Crippen LogP contribution in [0.5, 0.6) is 0 Å². The van der Waals surface area contributed by atoms with Crippen LogP contribution in [0.25, 0.3) is 0 Å². The van der Waals surface area contributed by atoms with Crippen molar-refractivity contribution in [2.24, 2.45) is 5.41 Å². The van der Waals surface area contributed by atoms with E-state index in [1.807, 2.05) is 30.3 Å². The lowest BCUT2D eigenvalue weighted by molar-refractivity contribution is 0.102. The monoisotopic (exact) mass is 360 g/mol. The number of aromatic nitrogens is 2. The second-order valence-corrected chi connectivity index (χ2v) is 7.42. The van der Waals surface area contributed by atoms with Crippen LogP contribution in [0.1, 0.15) is 51.0 Å². The Morgan fingerprint density at radius 3 is 2.48 bits per heavy atom. The highest BCUT2D eigenvalue weighted by Crippen LogP contribution is 2.26. The van der Waals surface area contributed by atoms with Gasteiger partial charge in [-0.25, -0.2) is 9.97 Å². The predicted molar refractivity (Wildman–Crippen MR) is 103 cm³/mol. The maximum atomic E-state index is 12.4. The van der Waals surface area contributed by atoms with Crippen LogP contribution in [0.4, 0.5) is 11.5 Å². The molecule has 0 aliphatic rings. The van der Waals surface area contributed by atoms with Crippen LogP contribution < -0.4 is 10.6 Å². The molecule has 2 N–H and O–H groups in total. The molecule has 1 aromatic heterocycles. The Morgan fingerprint density at radius 1 is 1.20 bits per heavy atom. The van der Waals surface area contributed by atoms with Crippen molar-refractivity contribution >= 4 is 29.0 Å². The van der Waals surface area contributed by atoms with Crippen molar-refractivity contribution in [1.82, 2.24) is 9.97 Å². The number of nitrogens with one attached hydrogen (secondary N) is 2. The molecule has 1 heterocycles. The van der Waals surface area contributed by atoms with Crippen LogP contribution in [-0.4, -0.2) is 21.9 Å². The summed E-state index contributed by atoms with van der Waals surface area (Å²) in [5.41, 5.74) is 0.991. The van der Waals surface area contributed by atoms with Gasteiger partial charge in [-0.15, -0.1) is 0 Å². The zero-order valence-electron chi connectivity index (χ0n) is 15.1. The molecule has 5 nitrogen and oxygen atoms in total. The lowest BCUT2D eigenvalue weighted by Crippen LogP contribution is -2.34. The third-order valence-corrected chi connectivity index (χ3v) is 4.08. The molecule has 0 radical (unpaired) electrons. The maximum Gasteiger partial charge on any atom is 0.274 e. The van der Waals surface area contributed by atoms with Gasteiger partial charge in [0.15, 0.2) is 0 Å². The van der Waals surface area contributed by atoms with Gasteiger partial charge in [-0.1, -0.05) is 52.3 Å². The highest BCUT2D eigenvalue weighted by atomic mass is 35.5. The standard InChI is InChI=1S/C19H25ClN4O/c1-5-9-15(19(2,3)4)23-16-12-14(22-18(20)24-16)17(25)21-13-10-7-6-8-11-13/h6-8,10-12,15H,5,9H2,1-4H3,(H,21,25)(H,22,23,24). The predicted octanol–water partition coefficient (Wildman–Crippen LogP) is 5.01. The van der Waals surface area contributed by atoms with Gasteiger partial charge < -0.3 is 10.6 Å². The molecule has 134 valence electrons. The van der Waals surface area contributed by atoms with Crippen molar-refractivity contribution in [2.45, 2.75) is 46.6 Å². The molecule has 0 saturated carbocycles. The van der Waals surface area contributed by atoms with Crippen LogP contribution in [0.2, 0.25) is 5.28 Å². The van der Waals surface area contributed by atoms with E-state index in [0.717, 1.165) is 12.8 Å². The molecule has 6 heteroatoms. The molecular weight excluding hydrogens is 336 g/mol. The van der Waals surface area contributed by atoms with Gasteiger partial charge in [0.05, 0.1) is 0 Å². The van der Waals surface area contributed by atoms with E-state index in [2.05, 4.69) is 48.3 Å². The summed E-state index contributed by atoms with van der Waals surface area (Å²) in [7, 11) is 0. The van der Waals surface area contributed by atoms with Gasteiger partial charge in [-0.05, 0) is 35.6 Å². The fraction of sp³-hybridized carbons (Fsp3) is 0.421. The molecule has 1 amide bonds. The Balaban J connectivity index is 2.20. The number of carbonyl (C=O) groups is 1. The first-order valence-corrected chi connectivity index (χ1v) is 8.85. The molecule has 25 heavy (non-hydrogen) atoms. The number of para-hydroxylation sites is 1. The number of hydrogen-bond acceptors (Lipinski definition) is 4. The van der Waals surface area contributed by atoms with Crippen molar-refractivity contribution in [1.29, 1.82) is 0 Å². The number of nitrogens with zero attached hydrogens (tertiary/aromatic N) is 2. The number of amides is 1. The Kier molecular flexibility index (Phi) is 6.37. The van der Waals surface area contributed by atoms with Gasteiger partial charge in [-0.2, -0.15) is 0 Å². The summed E-state index contributed by atoms with van der Waals surface area (Å²) in [6.07, 6.45) is 2.05. The van der Waals surface area contributed by atoms with E-state index < -0.39 is 0 Å². The minimum absolute atomic E-state index is 0.0485. The fourth-order valence-corrected chi connectivity index (χ4v) is 2.70. The van der Waals surface area contributed by atoms with Crippen molar-refractivity contribution in [2.75, 3.05) is 10.6 Å². The zero-order chi connectivity index (χ0) is 18.4. The van der Waals surface area contributed by atoms with Gasteiger partial charge in [0, 0.05) is 17.8 Å². The van der Waals surface area contributed by atoms with Crippen LogP contribution >= 0.6 is 11.6 Å². The van der Waals surface area contributed by atoms with E-state index in [-0.39, 0.29) is 28.3 Å². The summed E-state index contributed by atoms with van der Waals surface area (Å²) in [4.78, 5) is 20.7. The van der Waals surface area contributed by atoms with Crippen LogP contribution in [-0.2, 0) is 0 Å². The van der Waals surface area contributed by atoms with E-state index in [1.54, 1.807) is 6.07 Å². The van der Waals surface area contributed by atoms with Crippen LogP contribution in [0.3, 0.4) is 0 Å². The Hall–Kier alpha value is -2.14. The van der Waals surface area contributed by atoms with Crippen molar-refractivity contribution < 1.29 is 4.79 Å². The summed E-state index contributed by atoms with van der Waals surface area (Å²) < 4.78 is 0. The number of hydrogen-bond donors (Lipinski definition) is 2. The molecule has 0 spiro atoms. The largest absolute Gasteiger partial charge is 0.367 e. The van der Waals surface area contributed by atoms with Crippen molar-refractivity contribution in [3.63, 3.8) is 0 Å². The van der Waals surface area contributed by atoms with Gasteiger partial charge in [0.1, 0.15) is 11.5 Å². The highest BCUT2D eigenvalue weighted by molar-refractivity contribution is 6.28. The Morgan fingerprint density at radius 2 is 1.88 bits per heavy atom. The third kappa shape index (κ3) is 5.71. The molecule has 2 aromatic rings. The first-order valence-electron chi connectivity index (χ1n) is 8.47. The Labute approximate surface area is 154 Å². The molecule has 0 fully saturated rings. The van der Waals surface area contributed by atoms with E-state index in [4.69, 9.17) is 11.6 Å². The molecule has 1 unspecified atom stereocenters. The molecule has 0 aliphatic carbocycles. The summed E-state index contributed by atoms with van der Waals surface area (Å²) in [5, 5.41) is 6.26. The number of halogens is 1. The highest BCUT2D eigenvalue weighted by Gasteiger charge is 2.24. The number of rotatable bonds is 6. The van der Waals surface area contributed by atoms with Gasteiger partial charge in [0.2, 0.25) is 5.28 Å². The molecule has 0 bridgehead atoms. The first-order chi connectivity index (χ1) is 11.8. The van der Waals surface area contributed by atoms with Crippen LogP contribution in [0, 0.1) is 5.41 Å². The first kappa shape index (κ1) is 19.2. The summed E-state index contributed by atoms with van der Waals surface area (Å²) in [5.74, 6) is 0.243. The van der Waals surface area contributed by atoms with Crippen LogP contribution in [0.15, 0.2) is 36.4 Å². The van der Waals surface area contributed by atoms with E-state index in [9.17, 15) is 4.79 Å². The minimum atomic E-state index is -0.318. The Bertz CT molecular complexity index is 713. The smallest absolute Gasteiger partial charge is 0.274 e. The minimum Gasteiger partial charge on any atom is -0.367 e. The molecule has 2 rings (SSSR count). The van der Waals surface area contributed by atoms with Gasteiger partial charge in [-0.3, -0.25) is 4.79 Å². The van der Waals surface area contributed by atoms with E-state index in [0.29, 0.717) is 11.5 Å². The van der Waals surface area contributed by atoms with Crippen molar-refractivity contribution in [3.05, 3.63) is 47.4 Å². The lowest BCUT2D eigenvalue weighted by Gasteiger charge is -2.31.